The molecule has 0 aliphatic heterocycles. The summed E-state index contributed by atoms with van der Waals surface area (Å²) in [6, 6.07) is 13.1. The second-order valence-corrected chi connectivity index (χ2v) is 9.44. The van der Waals surface area contributed by atoms with Gasteiger partial charge in [0.15, 0.2) is 0 Å². The van der Waals surface area contributed by atoms with Gasteiger partial charge in [-0.3, -0.25) is 9.59 Å². The number of nitrogens with one attached hydrogen (secondary N) is 1. The van der Waals surface area contributed by atoms with Gasteiger partial charge >= 0.3 is 0 Å². The average molecular weight is 466 g/mol. The first kappa shape index (κ1) is 25.4. The van der Waals surface area contributed by atoms with Crippen LogP contribution in [0.1, 0.15) is 23.6 Å². The molecule has 0 saturated heterocycles. The molecule has 1 atom stereocenters. The molecule has 0 bridgehead atoms. The van der Waals surface area contributed by atoms with Crippen molar-refractivity contribution in [1.29, 1.82) is 0 Å². The van der Waals surface area contributed by atoms with E-state index >= 15 is 0 Å². The van der Waals surface area contributed by atoms with Crippen LogP contribution in [0.5, 0.6) is 0 Å². The standard InChI is InChI=1S/C22H28FN3O5S/c1-25(32(2,30)31)16-20(28)26(15-17-9-11-19(23)12-10-17)21(18-7-4-3-5-8-18)22(29)24-13-6-14-27/h3-5,7-12,21,27H,6,13-16H2,1-2H3,(H,24,29)/t21-/m1/s1. The summed E-state index contributed by atoms with van der Waals surface area (Å²) < 4.78 is 38.0. The van der Waals surface area contributed by atoms with E-state index < -0.39 is 40.2 Å². The molecule has 0 unspecified atom stereocenters. The fourth-order valence-electron chi connectivity index (χ4n) is 3.00. The molecular formula is C22H28FN3O5S. The van der Waals surface area contributed by atoms with Crippen LogP contribution in [0.4, 0.5) is 4.39 Å². The minimum atomic E-state index is -3.63. The first-order valence-electron chi connectivity index (χ1n) is 10.0. The smallest absolute Gasteiger partial charge is 0.247 e. The van der Waals surface area contributed by atoms with Crippen molar-refractivity contribution in [2.24, 2.45) is 0 Å². The molecule has 10 heteroatoms. The van der Waals surface area contributed by atoms with Crippen LogP contribution in [0, 0.1) is 5.82 Å². The molecule has 0 saturated carbocycles. The van der Waals surface area contributed by atoms with Gasteiger partial charge in [-0.15, -0.1) is 0 Å². The maximum atomic E-state index is 13.4. The quantitative estimate of drug-likeness (QED) is 0.487. The molecule has 0 heterocycles. The molecule has 0 radical (unpaired) electrons. The number of benzene rings is 2. The summed E-state index contributed by atoms with van der Waals surface area (Å²) >= 11 is 0. The molecule has 0 aliphatic rings. The van der Waals surface area contributed by atoms with E-state index in [0.717, 1.165) is 10.6 Å². The number of sulfonamides is 1. The lowest BCUT2D eigenvalue weighted by atomic mass is 10.0. The number of hydrogen-bond acceptors (Lipinski definition) is 5. The number of carbonyl (C=O) groups excluding carboxylic acids is 2. The highest BCUT2D eigenvalue weighted by Crippen LogP contribution is 2.24. The Hall–Kier alpha value is -2.82. The number of aliphatic hydroxyl groups is 1. The summed E-state index contributed by atoms with van der Waals surface area (Å²) in [5.41, 5.74) is 1.11. The fraction of sp³-hybridized carbons (Fsp3) is 0.364. The van der Waals surface area contributed by atoms with Crippen molar-refractivity contribution < 1.29 is 27.5 Å². The highest BCUT2D eigenvalue weighted by molar-refractivity contribution is 7.88. The van der Waals surface area contributed by atoms with E-state index in [9.17, 15) is 22.4 Å². The highest BCUT2D eigenvalue weighted by atomic mass is 32.2. The summed E-state index contributed by atoms with van der Waals surface area (Å²) in [5, 5.41) is 11.7. The largest absolute Gasteiger partial charge is 0.396 e. The van der Waals surface area contributed by atoms with E-state index in [1.54, 1.807) is 30.3 Å². The first-order valence-corrected chi connectivity index (χ1v) is 11.9. The maximum Gasteiger partial charge on any atom is 0.247 e. The number of hydrogen-bond donors (Lipinski definition) is 2. The molecule has 2 rings (SSSR count). The van der Waals surface area contributed by atoms with E-state index in [1.165, 1.54) is 36.2 Å². The van der Waals surface area contributed by atoms with Gasteiger partial charge in [-0.25, -0.2) is 12.8 Å². The van der Waals surface area contributed by atoms with Crippen molar-refractivity contribution in [3.05, 3.63) is 71.5 Å². The SMILES string of the molecule is CN(CC(=O)N(Cc1ccc(F)cc1)[C@@H](C(=O)NCCCO)c1ccccc1)S(C)(=O)=O. The molecule has 0 fully saturated rings. The zero-order valence-electron chi connectivity index (χ0n) is 18.1. The summed E-state index contributed by atoms with van der Waals surface area (Å²) in [7, 11) is -2.35. The Balaban J connectivity index is 2.45. The van der Waals surface area contributed by atoms with Crippen molar-refractivity contribution in [2.75, 3.05) is 33.0 Å². The van der Waals surface area contributed by atoms with Gasteiger partial charge in [-0.2, -0.15) is 4.31 Å². The monoisotopic (exact) mass is 465 g/mol. The predicted octanol–water partition coefficient (Wildman–Crippen LogP) is 1.29. The van der Waals surface area contributed by atoms with Gasteiger partial charge in [0.2, 0.25) is 21.8 Å². The summed E-state index contributed by atoms with van der Waals surface area (Å²) in [5.74, 6) is -1.50. The zero-order valence-corrected chi connectivity index (χ0v) is 18.9. The third-order valence-corrected chi connectivity index (χ3v) is 6.08. The van der Waals surface area contributed by atoms with Crippen LogP contribution in [-0.2, 0) is 26.2 Å². The molecular weight excluding hydrogens is 437 g/mol. The lowest BCUT2D eigenvalue weighted by Gasteiger charge is -2.32. The average Bonchev–Trinajstić information content (AvgIpc) is 2.75. The molecule has 174 valence electrons. The summed E-state index contributed by atoms with van der Waals surface area (Å²) in [6.07, 6.45) is 1.33. The van der Waals surface area contributed by atoms with Crippen molar-refractivity contribution >= 4 is 21.8 Å². The Morgan fingerprint density at radius 3 is 2.28 bits per heavy atom. The van der Waals surface area contributed by atoms with Crippen LogP contribution in [0.15, 0.2) is 54.6 Å². The molecule has 0 aromatic heterocycles. The van der Waals surface area contributed by atoms with Crippen LogP contribution in [0.2, 0.25) is 0 Å². The Labute approximate surface area is 187 Å². The first-order chi connectivity index (χ1) is 15.1. The Kier molecular flexibility index (Phi) is 9.30. The third kappa shape index (κ3) is 7.40. The van der Waals surface area contributed by atoms with Crippen LogP contribution in [-0.4, -0.2) is 67.5 Å². The Bertz CT molecular complexity index is 1000. The lowest BCUT2D eigenvalue weighted by molar-refractivity contribution is -0.141. The molecule has 2 N–H and O–H groups in total. The molecule has 0 aliphatic carbocycles. The number of rotatable bonds is 11. The van der Waals surface area contributed by atoms with Crippen molar-refractivity contribution in [3.8, 4) is 0 Å². The highest BCUT2D eigenvalue weighted by Gasteiger charge is 2.32. The maximum absolute atomic E-state index is 13.4. The lowest BCUT2D eigenvalue weighted by Crippen LogP contribution is -2.47. The van der Waals surface area contributed by atoms with Crippen molar-refractivity contribution in [3.63, 3.8) is 0 Å². The minimum absolute atomic E-state index is 0.0380. The van der Waals surface area contributed by atoms with Gasteiger partial charge in [0, 0.05) is 26.7 Å². The van der Waals surface area contributed by atoms with Gasteiger partial charge in [-0.1, -0.05) is 42.5 Å². The summed E-state index contributed by atoms with van der Waals surface area (Å²) in [4.78, 5) is 27.6. The predicted molar refractivity (Wildman–Crippen MR) is 118 cm³/mol. The number of carbonyl (C=O) groups is 2. The van der Waals surface area contributed by atoms with E-state index in [-0.39, 0.29) is 19.7 Å². The Morgan fingerprint density at radius 2 is 1.72 bits per heavy atom. The second-order valence-electron chi connectivity index (χ2n) is 7.35. The number of halogens is 1. The number of amides is 2. The summed E-state index contributed by atoms with van der Waals surface area (Å²) in [6.45, 7) is -0.398. The van der Waals surface area contributed by atoms with Gasteiger partial charge in [0.25, 0.3) is 0 Å². The van der Waals surface area contributed by atoms with Crippen molar-refractivity contribution in [1.82, 2.24) is 14.5 Å². The normalized spacial score (nSPS) is 12.4. The van der Waals surface area contributed by atoms with Crippen LogP contribution in [0.3, 0.4) is 0 Å². The van der Waals surface area contributed by atoms with Gasteiger partial charge in [0.05, 0.1) is 12.8 Å². The van der Waals surface area contributed by atoms with Crippen molar-refractivity contribution in [2.45, 2.75) is 19.0 Å². The minimum Gasteiger partial charge on any atom is -0.396 e. The van der Waals surface area contributed by atoms with E-state index in [0.29, 0.717) is 17.5 Å². The molecule has 8 nitrogen and oxygen atoms in total. The number of nitrogens with zero attached hydrogens (tertiary/aromatic N) is 2. The molecule has 32 heavy (non-hydrogen) atoms. The number of aliphatic hydroxyl groups excluding tert-OH is 1. The second kappa shape index (κ2) is 11.7. The molecule has 2 amide bonds. The van der Waals surface area contributed by atoms with E-state index in [1.807, 2.05) is 0 Å². The molecule has 0 spiro atoms. The van der Waals surface area contributed by atoms with Crippen LogP contribution in [0.25, 0.3) is 0 Å². The molecule has 2 aromatic carbocycles. The van der Waals surface area contributed by atoms with Gasteiger partial charge in [-0.05, 0) is 29.7 Å². The van der Waals surface area contributed by atoms with E-state index in [4.69, 9.17) is 5.11 Å². The number of likely N-dealkylation sites (N-methyl/N-ethyl adjacent to an activating group) is 1. The van der Waals surface area contributed by atoms with Gasteiger partial charge < -0.3 is 15.3 Å². The van der Waals surface area contributed by atoms with Crippen LogP contribution >= 0.6 is 0 Å². The topological polar surface area (TPSA) is 107 Å². The van der Waals surface area contributed by atoms with Gasteiger partial charge in [0.1, 0.15) is 11.9 Å². The zero-order chi connectivity index (χ0) is 23.7. The Morgan fingerprint density at radius 1 is 1.09 bits per heavy atom. The van der Waals surface area contributed by atoms with E-state index in [2.05, 4.69) is 5.32 Å². The molecule has 2 aromatic rings. The van der Waals surface area contributed by atoms with Crippen LogP contribution < -0.4 is 5.32 Å². The third-order valence-electron chi connectivity index (χ3n) is 4.82. The fourth-order valence-corrected chi connectivity index (χ4v) is 3.35.